The fourth-order valence-corrected chi connectivity index (χ4v) is 1.95. The summed E-state index contributed by atoms with van der Waals surface area (Å²) in [5.74, 6) is -0.499. The zero-order valence-corrected chi connectivity index (χ0v) is 11.9. The Morgan fingerprint density at radius 3 is 2.67 bits per heavy atom. The highest BCUT2D eigenvalue weighted by Crippen LogP contribution is 2.17. The van der Waals surface area contributed by atoms with Crippen molar-refractivity contribution in [3.05, 3.63) is 34.5 Å². The van der Waals surface area contributed by atoms with Crippen molar-refractivity contribution in [1.82, 2.24) is 15.5 Å². The number of carboxylic acid groups (broad SMARTS) is 1. The van der Waals surface area contributed by atoms with Gasteiger partial charge in [0, 0.05) is 17.8 Å². The van der Waals surface area contributed by atoms with Gasteiger partial charge in [-0.15, -0.1) is 0 Å². The Labute approximate surface area is 120 Å². The van der Waals surface area contributed by atoms with Crippen molar-refractivity contribution in [3.63, 3.8) is 0 Å². The molecule has 112 valence electrons. The molecule has 0 fully saturated rings. The summed E-state index contributed by atoms with van der Waals surface area (Å²) in [7, 11) is 0. The number of hydrogen-bond acceptors (Lipinski definition) is 4. The Morgan fingerprint density at radius 2 is 2.10 bits per heavy atom. The molecule has 2 aromatic rings. The molecule has 8 nitrogen and oxygen atoms in total. The molecule has 0 unspecified atom stereocenters. The van der Waals surface area contributed by atoms with Gasteiger partial charge in [-0.05, 0) is 26.8 Å². The van der Waals surface area contributed by atoms with E-state index in [0.717, 1.165) is 5.56 Å². The zero-order chi connectivity index (χ0) is 15.6. The van der Waals surface area contributed by atoms with Crippen LogP contribution in [-0.4, -0.2) is 27.2 Å². The lowest BCUT2D eigenvalue weighted by Crippen LogP contribution is -2.29. The predicted octanol–water partition coefficient (Wildman–Crippen LogP) is 1.95. The van der Waals surface area contributed by atoms with Gasteiger partial charge in [-0.3, -0.25) is 0 Å². The molecule has 0 aliphatic carbocycles. The number of carboxylic acids is 1. The molecule has 0 aromatic carbocycles. The number of nitrogens with zero attached hydrogens (tertiary/aromatic N) is 1. The lowest BCUT2D eigenvalue weighted by atomic mass is 10.2. The van der Waals surface area contributed by atoms with Gasteiger partial charge in [0.2, 0.25) is 0 Å². The highest BCUT2D eigenvalue weighted by Gasteiger charge is 2.16. The maximum atomic E-state index is 11.8. The number of carbonyl (C=O) groups excluding carboxylic acids is 1. The molecule has 0 spiro atoms. The summed E-state index contributed by atoms with van der Waals surface area (Å²) in [6, 6.07) is 1.05. The van der Waals surface area contributed by atoms with Crippen LogP contribution in [0.2, 0.25) is 0 Å². The van der Waals surface area contributed by atoms with E-state index >= 15 is 0 Å². The summed E-state index contributed by atoms with van der Waals surface area (Å²) >= 11 is 0. The SMILES string of the molecule is Cc1cc(NC(=O)NCc2c(C)noc2C)c(C(=O)O)[nH]1. The predicted molar refractivity (Wildman–Crippen MR) is 74.3 cm³/mol. The van der Waals surface area contributed by atoms with E-state index in [0.29, 0.717) is 17.1 Å². The van der Waals surface area contributed by atoms with Gasteiger partial charge in [0.25, 0.3) is 0 Å². The van der Waals surface area contributed by atoms with Crippen LogP contribution in [0.1, 0.15) is 33.2 Å². The number of nitrogens with one attached hydrogen (secondary N) is 3. The average molecular weight is 292 g/mol. The third-order valence-electron chi connectivity index (χ3n) is 3.02. The van der Waals surface area contributed by atoms with Crippen LogP contribution in [-0.2, 0) is 6.54 Å². The third kappa shape index (κ3) is 3.22. The van der Waals surface area contributed by atoms with E-state index in [2.05, 4.69) is 20.8 Å². The average Bonchev–Trinajstić information content (AvgIpc) is 2.91. The van der Waals surface area contributed by atoms with E-state index in [-0.39, 0.29) is 17.9 Å². The van der Waals surface area contributed by atoms with E-state index in [9.17, 15) is 9.59 Å². The van der Waals surface area contributed by atoms with Crippen molar-refractivity contribution in [1.29, 1.82) is 0 Å². The molecule has 0 aliphatic heterocycles. The molecule has 2 heterocycles. The number of hydrogen-bond donors (Lipinski definition) is 4. The normalized spacial score (nSPS) is 10.4. The summed E-state index contributed by atoms with van der Waals surface area (Å²) in [4.78, 5) is 25.5. The number of amides is 2. The molecule has 0 atom stereocenters. The van der Waals surface area contributed by atoms with Gasteiger partial charge >= 0.3 is 12.0 Å². The first kappa shape index (κ1) is 14.6. The Morgan fingerprint density at radius 1 is 1.38 bits per heavy atom. The molecule has 4 N–H and O–H groups in total. The highest BCUT2D eigenvalue weighted by molar-refractivity contribution is 5.99. The molecule has 0 bridgehead atoms. The third-order valence-corrected chi connectivity index (χ3v) is 3.02. The van der Waals surface area contributed by atoms with Crippen LogP contribution in [0.5, 0.6) is 0 Å². The topological polar surface area (TPSA) is 120 Å². The minimum Gasteiger partial charge on any atom is -0.477 e. The number of aromatic carboxylic acids is 1. The van der Waals surface area contributed by atoms with E-state index in [1.165, 1.54) is 0 Å². The van der Waals surface area contributed by atoms with Crippen molar-refractivity contribution in [2.75, 3.05) is 5.32 Å². The highest BCUT2D eigenvalue weighted by atomic mass is 16.5. The van der Waals surface area contributed by atoms with E-state index in [1.807, 2.05) is 0 Å². The number of urea groups is 1. The molecule has 0 saturated heterocycles. The second-order valence-electron chi connectivity index (χ2n) is 4.66. The molecular formula is C13H16N4O4. The Kier molecular flexibility index (Phi) is 3.97. The Bertz CT molecular complexity index is 667. The number of rotatable bonds is 4. The van der Waals surface area contributed by atoms with Gasteiger partial charge in [0.05, 0.1) is 11.4 Å². The van der Waals surface area contributed by atoms with Crippen LogP contribution in [0.3, 0.4) is 0 Å². The van der Waals surface area contributed by atoms with Crippen LogP contribution in [0.25, 0.3) is 0 Å². The zero-order valence-electron chi connectivity index (χ0n) is 11.9. The Balaban J connectivity index is 2.01. The van der Waals surface area contributed by atoms with Crippen LogP contribution in [0.15, 0.2) is 10.6 Å². The largest absolute Gasteiger partial charge is 0.477 e. The molecule has 2 aromatic heterocycles. The second-order valence-corrected chi connectivity index (χ2v) is 4.66. The van der Waals surface area contributed by atoms with Gasteiger partial charge in [-0.1, -0.05) is 5.16 Å². The van der Waals surface area contributed by atoms with Crippen molar-refractivity contribution >= 4 is 17.7 Å². The first-order valence-corrected chi connectivity index (χ1v) is 6.28. The minimum atomic E-state index is -1.14. The van der Waals surface area contributed by atoms with Crippen LogP contribution < -0.4 is 10.6 Å². The Hall–Kier alpha value is -2.77. The number of aromatic nitrogens is 2. The molecule has 0 saturated carbocycles. The quantitative estimate of drug-likeness (QED) is 0.686. The molecule has 2 amide bonds. The van der Waals surface area contributed by atoms with Crippen LogP contribution >= 0.6 is 0 Å². The van der Waals surface area contributed by atoms with Crippen molar-refractivity contribution in [3.8, 4) is 0 Å². The summed E-state index contributed by atoms with van der Waals surface area (Å²) in [6.45, 7) is 5.49. The van der Waals surface area contributed by atoms with Gasteiger partial charge in [0.15, 0.2) is 0 Å². The number of aryl methyl sites for hydroxylation is 3. The van der Waals surface area contributed by atoms with Crippen molar-refractivity contribution < 1.29 is 19.2 Å². The molecule has 0 radical (unpaired) electrons. The van der Waals surface area contributed by atoms with Crippen molar-refractivity contribution in [2.24, 2.45) is 0 Å². The maximum absolute atomic E-state index is 11.8. The standard InChI is InChI=1S/C13H16N4O4/c1-6-4-10(11(15-6)12(18)19)16-13(20)14-5-9-7(2)17-21-8(9)3/h4,15H,5H2,1-3H3,(H,18,19)(H2,14,16,20). The summed E-state index contributed by atoms with van der Waals surface area (Å²) in [5.41, 5.74) is 2.31. The lowest BCUT2D eigenvalue weighted by Gasteiger charge is -2.06. The summed E-state index contributed by atoms with van der Waals surface area (Å²) in [5, 5.41) is 17.9. The second kappa shape index (κ2) is 5.70. The summed E-state index contributed by atoms with van der Waals surface area (Å²) in [6.07, 6.45) is 0. The van der Waals surface area contributed by atoms with Crippen LogP contribution in [0.4, 0.5) is 10.5 Å². The van der Waals surface area contributed by atoms with Gasteiger partial charge in [0.1, 0.15) is 11.5 Å². The maximum Gasteiger partial charge on any atom is 0.354 e. The van der Waals surface area contributed by atoms with Gasteiger partial charge in [-0.25, -0.2) is 9.59 Å². The number of aromatic amines is 1. The number of anilines is 1. The van der Waals surface area contributed by atoms with Crippen LogP contribution in [0, 0.1) is 20.8 Å². The monoisotopic (exact) mass is 292 g/mol. The van der Waals surface area contributed by atoms with E-state index < -0.39 is 12.0 Å². The van der Waals surface area contributed by atoms with Gasteiger partial charge in [-0.2, -0.15) is 0 Å². The number of H-pyrrole nitrogens is 1. The molecular weight excluding hydrogens is 276 g/mol. The van der Waals surface area contributed by atoms with E-state index in [4.69, 9.17) is 9.63 Å². The smallest absolute Gasteiger partial charge is 0.354 e. The fraction of sp³-hybridized carbons (Fsp3) is 0.308. The van der Waals surface area contributed by atoms with Gasteiger partial charge < -0.3 is 25.2 Å². The van der Waals surface area contributed by atoms with Crippen molar-refractivity contribution in [2.45, 2.75) is 27.3 Å². The molecule has 0 aliphatic rings. The number of carbonyl (C=O) groups is 2. The molecule has 2 rings (SSSR count). The summed E-state index contributed by atoms with van der Waals surface area (Å²) < 4.78 is 5.00. The minimum absolute atomic E-state index is 0.0556. The first-order valence-electron chi connectivity index (χ1n) is 6.28. The molecule has 21 heavy (non-hydrogen) atoms. The fourth-order valence-electron chi connectivity index (χ4n) is 1.95. The lowest BCUT2D eigenvalue weighted by molar-refractivity contribution is 0.0692. The molecule has 8 heteroatoms. The first-order chi connectivity index (χ1) is 9.88. The van der Waals surface area contributed by atoms with E-state index in [1.54, 1.807) is 26.8 Å².